The molecular formula is C49H41N7. The fourth-order valence-electron chi connectivity index (χ4n) is 7.62. The molecule has 5 N–H and O–H groups in total. The fourth-order valence-corrected chi connectivity index (χ4v) is 7.62. The summed E-state index contributed by atoms with van der Waals surface area (Å²) < 4.78 is 2.31. The lowest BCUT2D eigenvalue weighted by atomic mass is 9.93. The van der Waals surface area contributed by atoms with Gasteiger partial charge >= 0.3 is 0 Å². The summed E-state index contributed by atoms with van der Waals surface area (Å²) in [6, 6.07) is 58.4. The van der Waals surface area contributed by atoms with Gasteiger partial charge in [0, 0.05) is 44.5 Å². The summed E-state index contributed by atoms with van der Waals surface area (Å²) >= 11 is 0. The number of nitrogen functional groups attached to an aromatic ring is 1. The second-order valence-corrected chi connectivity index (χ2v) is 14.1. The molecule has 7 nitrogen and oxygen atoms in total. The van der Waals surface area contributed by atoms with Crippen molar-refractivity contribution in [1.82, 2.24) is 19.5 Å². The third-order valence-corrected chi connectivity index (χ3v) is 10.2. The zero-order chi connectivity index (χ0) is 38.0. The van der Waals surface area contributed by atoms with E-state index in [4.69, 9.17) is 26.4 Å². The first kappa shape index (κ1) is 34.7. The van der Waals surface area contributed by atoms with Crippen molar-refractivity contribution in [3.8, 4) is 62.1 Å². The summed E-state index contributed by atoms with van der Waals surface area (Å²) in [6.07, 6.45) is 1.84. The molecule has 1 atom stereocenters. The Hall–Kier alpha value is -7.09. The molecule has 0 amide bonds. The lowest BCUT2D eigenvalue weighted by molar-refractivity contribution is 0.665. The number of anilines is 2. The maximum atomic E-state index is 6.39. The molecule has 0 aliphatic heterocycles. The molecule has 7 aromatic carbocycles. The Balaban J connectivity index is 1.18. The van der Waals surface area contributed by atoms with Crippen LogP contribution in [0.3, 0.4) is 0 Å². The zero-order valence-corrected chi connectivity index (χ0v) is 31.1. The van der Waals surface area contributed by atoms with Gasteiger partial charge in [-0.2, -0.15) is 0 Å². The second kappa shape index (κ2) is 15.0. The van der Waals surface area contributed by atoms with Gasteiger partial charge in [0.2, 0.25) is 0 Å². The predicted octanol–water partition coefficient (Wildman–Crippen LogP) is 11.4. The lowest BCUT2D eigenvalue weighted by Crippen LogP contribution is -2.28. The number of hydrogen-bond donors (Lipinski definition) is 3. The highest BCUT2D eigenvalue weighted by atomic mass is 15.0. The minimum absolute atomic E-state index is 0.0857. The first-order valence-corrected chi connectivity index (χ1v) is 19.1. The molecule has 9 rings (SSSR count). The van der Waals surface area contributed by atoms with Gasteiger partial charge in [0.05, 0.1) is 17.2 Å². The van der Waals surface area contributed by atoms with E-state index in [1.165, 1.54) is 0 Å². The number of aromatic nitrogens is 4. The molecule has 0 bridgehead atoms. The molecular weight excluding hydrogens is 687 g/mol. The first-order chi connectivity index (χ1) is 27.5. The fraction of sp³-hybridized carbons (Fsp3) is 0.0816. The molecule has 1 unspecified atom stereocenters. The molecule has 9 aromatic rings. The highest BCUT2D eigenvalue weighted by Gasteiger charge is 2.20. The Kier molecular flexibility index (Phi) is 9.27. The van der Waals surface area contributed by atoms with Gasteiger partial charge in [-0.1, -0.05) is 129 Å². The minimum Gasteiger partial charge on any atom is -0.399 e. The van der Waals surface area contributed by atoms with Crippen molar-refractivity contribution in [1.29, 1.82) is 0 Å². The number of fused-ring (bicyclic) bond motifs is 3. The van der Waals surface area contributed by atoms with Crippen LogP contribution in [-0.2, 0) is 0 Å². The van der Waals surface area contributed by atoms with Crippen molar-refractivity contribution in [2.75, 3.05) is 11.1 Å². The van der Waals surface area contributed by atoms with Crippen LogP contribution in [0.25, 0.3) is 83.9 Å². The van der Waals surface area contributed by atoms with Crippen LogP contribution in [0.2, 0.25) is 0 Å². The minimum atomic E-state index is -0.0857. The maximum Gasteiger partial charge on any atom is 0.164 e. The van der Waals surface area contributed by atoms with Crippen molar-refractivity contribution in [3.05, 3.63) is 170 Å². The molecule has 0 aliphatic rings. The van der Waals surface area contributed by atoms with Crippen molar-refractivity contribution in [2.24, 2.45) is 5.73 Å². The van der Waals surface area contributed by atoms with E-state index >= 15 is 0 Å². The molecule has 0 spiro atoms. The molecule has 0 aliphatic carbocycles. The molecule has 2 aromatic heterocycles. The normalized spacial score (nSPS) is 11.9. The van der Waals surface area contributed by atoms with Gasteiger partial charge in [0.25, 0.3) is 0 Å². The number of nitrogens with zero attached hydrogens (tertiary/aromatic N) is 4. The van der Waals surface area contributed by atoms with Gasteiger partial charge in [-0.15, -0.1) is 0 Å². The van der Waals surface area contributed by atoms with E-state index < -0.39 is 0 Å². The molecule has 0 fully saturated rings. The van der Waals surface area contributed by atoms with Crippen molar-refractivity contribution in [2.45, 2.75) is 25.9 Å². The highest BCUT2D eigenvalue weighted by molar-refractivity contribution is 6.15. The number of hydrogen-bond acceptors (Lipinski definition) is 6. The van der Waals surface area contributed by atoms with Gasteiger partial charge in [-0.25, -0.2) is 15.0 Å². The van der Waals surface area contributed by atoms with Crippen molar-refractivity contribution in [3.63, 3.8) is 0 Å². The van der Waals surface area contributed by atoms with Crippen molar-refractivity contribution >= 4 is 33.2 Å². The maximum absolute atomic E-state index is 6.39. The van der Waals surface area contributed by atoms with E-state index in [2.05, 4.69) is 138 Å². The first-order valence-electron chi connectivity index (χ1n) is 19.1. The Morgan fingerprint density at radius 1 is 0.536 bits per heavy atom. The molecule has 56 heavy (non-hydrogen) atoms. The summed E-state index contributed by atoms with van der Waals surface area (Å²) in [5.74, 6) is 1.82. The van der Waals surface area contributed by atoms with E-state index in [0.29, 0.717) is 23.2 Å². The number of nitrogens with two attached hydrogens (primary N) is 2. The van der Waals surface area contributed by atoms with Gasteiger partial charge in [0.15, 0.2) is 17.5 Å². The molecule has 272 valence electrons. The summed E-state index contributed by atoms with van der Waals surface area (Å²) in [4.78, 5) is 15.5. The number of benzene rings is 7. The molecule has 0 radical (unpaired) electrons. The number of para-hydroxylation sites is 2. The summed E-state index contributed by atoms with van der Waals surface area (Å²) in [5.41, 5.74) is 24.6. The van der Waals surface area contributed by atoms with Crippen LogP contribution in [0.15, 0.2) is 170 Å². The van der Waals surface area contributed by atoms with E-state index in [-0.39, 0.29) is 6.17 Å². The van der Waals surface area contributed by atoms with Crippen LogP contribution in [-0.4, -0.2) is 25.7 Å². The Morgan fingerprint density at radius 2 is 1.18 bits per heavy atom. The smallest absolute Gasteiger partial charge is 0.164 e. The van der Waals surface area contributed by atoms with Crippen LogP contribution >= 0.6 is 0 Å². The third kappa shape index (κ3) is 6.65. The SMILES string of the molecule is CCCC(N)Nc1ccc(-c2cc(N)ccc2-c2cccc(-c3nc(-c4ccccc4)nc(-c4cccc5c4c4ccccc4n5-c4ccccc4)n3)c2)cc1. The van der Waals surface area contributed by atoms with E-state index in [1.54, 1.807) is 0 Å². The van der Waals surface area contributed by atoms with Crippen LogP contribution in [0.4, 0.5) is 11.4 Å². The largest absolute Gasteiger partial charge is 0.399 e. The van der Waals surface area contributed by atoms with Crippen LogP contribution in [0, 0.1) is 0 Å². The van der Waals surface area contributed by atoms with E-state index in [1.807, 2.05) is 48.5 Å². The predicted molar refractivity (Wildman–Crippen MR) is 232 cm³/mol. The Labute approximate surface area is 326 Å². The topological polar surface area (TPSA) is 108 Å². The average Bonchev–Trinajstić information content (AvgIpc) is 3.59. The van der Waals surface area contributed by atoms with Crippen LogP contribution in [0.1, 0.15) is 19.8 Å². The molecule has 0 saturated carbocycles. The van der Waals surface area contributed by atoms with Crippen LogP contribution < -0.4 is 16.8 Å². The highest BCUT2D eigenvalue weighted by Crippen LogP contribution is 2.39. The van der Waals surface area contributed by atoms with Gasteiger partial charge in [-0.3, -0.25) is 0 Å². The summed E-state index contributed by atoms with van der Waals surface area (Å²) in [6.45, 7) is 2.14. The third-order valence-electron chi connectivity index (χ3n) is 10.2. The van der Waals surface area contributed by atoms with E-state index in [0.717, 1.165) is 85.0 Å². The van der Waals surface area contributed by atoms with Gasteiger partial charge in [0.1, 0.15) is 0 Å². The molecule has 2 heterocycles. The number of rotatable bonds is 10. The quantitative estimate of drug-likeness (QED) is 0.0956. The Morgan fingerprint density at radius 3 is 1.96 bits per heavy atom. The summed E-state index contributed by atoms with van der Waals surface area (Å²) in [5, 5.41) is 5.63. The lowest BCUT2D eigenvalue weighted by Gasteiger charge is -2.16. The van der Waals surface area contributed by atoms with Gasteiger partial charge in [-0.05, 0) is 83.3 Å². The van der Waals surface area contributed by atoms with E-state index in [9.17, 15) is 0 Å². The Bertz CT molecular complexity index is 2810. The zero-order valence-electron chi connectivity index (χ0n) is 31.1. The average molecular weight is 728 g/mol. The van der Waals surface area contributed by atoms with Crippen LogP contribution in [0.5, 0.6) is 0 Å². The second-order valence-electron chi connectivity index (χ2n) is 14.1. The van der Waals surface area contributed by atoms with Crippen molar-refractivity contribution < 1.29 is 0 Å². The molecule has 0 saturated heterocycles. The monoisotopic (exact) mass is 727 g/mol. The standard InChI is InChI=1S/C49H41N7/c1-2-13-45(51)52-37-27-24-32(25-28-37)42-31-36(50)26-29-39(42)34-16-11-17-35(30-34)48-53-47(33-14-5-3-6-15-33)54-49(55-48)41-21-12-23-44-46(41)40-20-9-10-22-43(40)56(44)38-18-7-4-8-19-38/h3-12,14-31,45,52H,2,13,50-51H2,1H3. The molecule has 7 heteroatoms. The van der Waals surface area contributed by atoms with Gasteiger partial charge < -0.3 is 21.4 Å². The summed E-state index contributed by atoms with van der Waals surface area (Å²) in [7, 11) is 0. The number of nitrogens with one attached hydrogen (secondary N) is 1.